The van der Waals surface area contributed by atoms with Crippen molar-refractivity contribution in [2.24, 2.45) is 0 Å². The highest BCUT2D eigenvalue weighted by Crippen LogP contribution is 2.36. The highest BCUT2D eigenvalue weighted by atomic mass is 127. The molecule has 1 aliphatic carbocycles. The molecule has 0 amide bonds. The van der Waals surface area contributed by atoms with E-state index in [9.17, 15) is 4.79 Å². The number of rotatable bonds is 7. The van der Waals surface area contributed by atoms with E-state index in [1.807, 2.05) is 12.1 Å². The summed E-state index contributed by atoms with van der Waals surface area (Å²) in [6, 6.07) is 3.77. The summed E-state index contributed by atoms with van der Waals surface area (Å²) in [4.78, 5) is 12.3. The molecule has 4 nitrogen and oxygen atoms in total. The highest BCUT2D eigenvalue weighted by Gasteiger charge is 2.34. The summed E-state index contributed by atoms with van der Waals surface area (Å²) >= 11 is 2.17. The molecule has 0 radical (unpaired) electrons. The predicted octanol–water partition coefficient (Wildman–Crippen LogP) is 4.98. The molecule has 5 heteroatoms. The van der Waals surface area contributed by atoms with Crippen LogP contribution in [0.4, 0.5) is 0 Å². The molecule has 1 aromatic carbocycles. The maximum atomic E-state index is 12.3. The summed E-state index contributed by atoms with van der Waals surface area (Å²) in [6.07, 6.45) is 7.97. The highest BCUT2D eigenvalue weighted by molar-refractivity contribution is 14.1. The average Bonchev–Trinajstić information content (AvgIpc) is 2.60. The molecule has 0 heterocycles. The van der Waals surface area contributed by atoms with Crippen LogP contribution in [0, 0.1) is 3.57 Å². The molecule has 0 saturated heterocycles. The van der Waals surface area contributed by atoms with E-state index in [-0.39, 0.29) is 18.2 Å². The number of carbonyl (C=O) groups excluding carboxylic acids is 1. The van der Waals surface area contributed by atoms with Gasteiger partial charge in [0.15, 0.2) is 18.1 Å². The normalized spacial score (nSPS) is 16.3. The Labute approximate surface area is 157 Å². The summed E-state index contributed by atoms with van der Waals surface area (Å²) in [6.45, 7) is 5.73. The lowest BCUT2D eigenvalue weighted by Gasteiger charge is -2.35. The number of ether oxygens (including phenoxy) is 3. The van der Waals surface area contributed by atoms with Crippen LogP contribution in [0.15, 0.2) is 18.7 Å². The average molecular weight is 444 g/mol. The lowest BCUT2D eigenvalue weighted by Crippen LogP contribution is -2.38. The van der Waals surface area contributed by atoms with Gasteiger partial charge in [-0.3, -0.25) is 0 Å². The van der Waals surface area contributed by atoms with Crippen LogP contribution in [0.25, 0.3) is 6.08 Å². The summed E-state index contributed by atoms with van der Waals surface area (Å²) < 4.78 is 17.7. The topological polar surface area (TPSA) is 44.8 Å². The smallest absolute Gasteiger partial charge is 0.344 e. The Morgan fingerprint density at radius 2 is 2.04 bits per heavy atom. The fourth-order valence-corrected chi connectivity index (χ4v) is 3.90. The fourth-order valence-electron chi connectivity index (χ4n) is 3.12. The van der Waals surface area contributed by atoms with Crippen LogP contribution in [-0.2, 0) is 9.53 Å². The van der Waals surface area contributed by atoms with Gasteiger partial charge < -0.3 is 14.2 Å². The molecule has 24 heavy (non-hydrogen) atoms. The van der Waals surface area contributed by atoms with Crippen molar-refractivity contribution in [3.8, 4) is 11.5 Å². The second-order valence-corrected chi connectivity index (χ2v) is 7.26. The zero-order valence-corrected chi connectivity index (χ0v) is 16.6. The minimum atomic E-state index is -0.315. The minimum absolute atomic E-state index is 0.110. The Hall–Kier alpha value is -1.24. The van der Waals surface area contributed by atoms with Gasteiger partial charge in [0.05, 0.1) is 10.7 Å². The first kappa shape index (κ1) is 19.1. The van der Waals surface area contributed by atoms with Crippen LogP contribution in [-0.4, -0.2) is 25.3 Å². The maximum absolute atomic E-state index is 12.3. The van der Waals surface area contributed by atoms with Crippen molar-refractivity contribution >= 4 is 34.6 Å². The first-order valence-electron chi connectivity index (χ1n) is 8.38. The number of hydrogen-bond donors (Lipinski definition) is 0. The third-order valence-corrected chi connectivity index (χ3v) is 5.36. The van der Waals surface area contributed by atoms with Crippen molar-refractivity contribution in [2.75, 3.05) is 13.7 Å². The third kappa shape index (κ3) is 4.65. The lowest BCUT2D eigenvalue weighted by atomic mass is 9.83. The number of hydrogen-bond acceptors (Lipinski definition) is 4. The monoisotopic (exact) mass is 444 g/mol. The summed E-state index contributed by atoms with van der Waals surface area (Å²) in [7, 11) is 1.58. The van der Waals surface area contributed by atoms with Crippen molar-refractivity contribution < 1.29 is 19.0 Å². The van der Waals surface area contributed by atoms with Gasteiger partial charge in [0.25, 0.3) is 0 Å². The van der Waals surface area contributed by atoms with E-state index in [4.69, 9.17) is 14.2 Å². The summed E-state index contributed by atoms with van der Waals surface area (Å²) in [5.74, 6) is 0.840. The van der Waals surface area contributed by atoms with E-state index >= 15 is 0 Å². The van der Waals surface area contributed by atoms with Crippen molar-refractivity contribution in [1.29, 1.82) is 0 Å². The van der Waals surface area contributed by atoms with Crippen LogP contribution < -0.4 is 9.47 Å². The Morgan fingerprint density at radius 3 is 2.62 bits per heavy atom. The molecule has 1 aromatic rings. The van der Waals surface area contributed by atoms with Crippen LogP contribution >= 0.6 is 22.6 Å². The van der Waals surface area contributed by atoms with Gasteiger partial charge in [-0.25, -0.2) is 4.79 Å². The molecule has 0 atom stereocenters. The zero-order valence-electron chi connectivity index (χ0n) is 14.4. The third-order valence-electron chi connectivity index (χ3n) is 4.56. The Balaban J connectivity index is 2.02. The van der Waals surface area contributed by atoms with Gasteiger partial charge in [0.2, 0.25) is 0 Å². The van der Waals surface area contributed by atoms with Crippen LogP contribution in [0.2, 0.25) is 0 Å². The molecule has 132 valence electrons. The van der Waals surface area contributed by atoms with Gasteiger partial charge in [-0.1, -0.05) is 26.0 Å². The first-order valence-corrected chi connectivity index (χ1v) is 9.46. The molecule has 0 aromatic heterocycles. The first-order chi connectivity index (χ1) is 11.5. The van der Waals surface area contributed by atoms with Crippen molar-refractivity contribution in [3.63, 3.8) is 0 Å². The Morgan fingerprint density at radius 1 is 1.33 bits per heavy atom. The SMILES string of the molecule is C=Cc1cc(I)c(OCC(=O)OC2(CC)CCCCC2)c(OC)c1. The van der Waals surface area contributed by atoms with E-state index in [1.165, 1.54) is 6.42 Å². The van der Waals surface area contributed by atoms with Crippen LogP contribution in [0.5, 0.6) is 11.5 Å². The van der Waals surface area contributed by atoms with Crippen molar-refractivity contribution in [3.05, 3.63) is 27.8 Å². The molecular formula is C19H25IO4. The molecule has 0 bridgehead atoms. The number of carbonyl (C=O) groups is 1. The molecule has 1 aliphatic rings. The van der Waals surface area contributed by atoms with E-state index in [0.717, 1.165) is 41.2 Å². The zero-order chi connectivity index (χ0) is 17.6. The van der Waals surface area contributed by atoms with Gasteiger partial charge in [0, 0.05) is 0 Å². The number of halogens is 1. The number of esters is 1. The molecule has 0 N–H and O–H groups in total. The van der Waals surface area contributed by atoms with E-state index in [1.54, 1.807) is 13.2 Å². The molecular weight excluding hydrogens is 419 g/mol. The summed E-state index contributed by atoms with van der Waals surface area (Å²) in [5.41, 5.74) is 0.640. The van der Waals surface area contributed by atoms with Gasteiger partial charge >= 0.3 is 5.97 Å². The van der Waals surface area contributed by atoms with Crippen LogP contribution in [0.3, 0.4) is 0 Å². The maximum Gasteiger partial charge on any atom is 0.344 e. The lowest BCUT2D eigenvalue weighted by molar-refractivity contribution is -0.166. The molecule has 2 rings (SSSR count). The number of methoxy groups -OCH3 is 1. The molecule has 0 unspecified atom stereocenters. The van der Waals surface area contributed by atoms with Gasteiger partial charge in [0.1, 0.15) is 5.60 Å². The largest absolute Gasteiger partial charge is 0.493 e. The Kier molecular flexibility index (Phi) is 6.95. The molecule has 1 fully saturated rings. The van der Waals surface area contributed by atoms with E-state index in [2.05, 4.69) is 36.1 Å². The summed E-state index contributed by atoms with van der Waals surface area (Å²) in [5, 5.41) is 0. The number of benzene rings is 1. The van der Waals surface area contributed by atoms with E-state index in [0.29, 0.717) is 11.5 Å². The van der Waals surface area contributed by atoms with Crippen molar-refractivity contribution in [1.82, 2.24) is 0 Å². The standard InChI is InChI=1S/C19H25IO4/c1-4-14-11-15(20)18(16(12-14)22-3)23-13-17(21)24-19(5-2)9-7-6-8-10-19/h4,11-12H,1,5-10,13H2,2-3H3. The van der Waals surface area contributed by atoms with Gasteiger partial charge in [-0.05, 0) is 72.4 Å². The Bertz CT molecular complexity index is 591. The second-order valence-electron chi connectivity index (χ2n) is 6.10. The fraction of sp³-hybridized carbons (Fsp3) is 0.526. The van der Waals surface area contributed by atoms with E-state index < -0.39 is 0 Å². The second kappa shape index (κ2) is 8.74. The quantitative estimate of drug-likeness (QED) is 0.440. The predicted molar refractivity (Wildman–Crippen MR) is 103 cm³/mol. The van der Waals surface area contributed by atoms with Gasteiger partial charge in [-0.2, -0.15) is 0 Å². The van der Waals surface area contributed by atoms with Crippen LogP contribution in [0.1, 0.15) is 51.0 Å². The van der Waals surface area contributed by atoms with Gasteiger partial charge in [-0.15, -0.1) is 0 Å². The molecule has 1 saturated carbocycles. The molecule has 0 aliphatic heterocycles. The minimum Gasteiger partial charge on any atom is -0.493 e. The van der Waals surface area contributed by atoms with Crippen molar-refractivity contribution in [2.45, 2.75) is 51.0 Å². The molecule has 0 spiro atoms.